The molecule has 0 saturated carbocycles. The Bertz CT molecular complexity index is 633. The molecule has 2 aliphatic rings. The molecule has 7 nitrogen and oxygen atoms in total. The predicted molar refractivity (Wildman–Crippen MR) is 101 cm³/mol. The van der Waals surface area contributed by atoms with Gasteiger partial charge in [-0.2, -0.15) is 0 Å². The van der Waals surface area contributed by atoms with Gasteiger partial charge >= 0.3 is 0 Å². The van der Waals surface area contributed by atoms with Crippen molar-refractivity contribution in [2.24, 2.45) is 0 Å². The van der Waals surface area contributed by atoms with E-state index in [9.17, 15) is 14.7 Å². The normalized spacial score (nSPS) is 24.3. The molecule has 1 aromatic rings. The molecule has 0 aromatic heterocycles. The van der Waals surface area contributed by atoms with Gasteiger partial charge < -0.3 is 20.1 Å². The van der Waals surface area contributed by atoms with E-state index < -0.39 is 5.60 Å². The summed E-state index contributed by atoms with van der Waals surface area (Å²) in [7, 11) is 0. The Kier molecular flexibility index (Phi) is 6.82. The second-order valence-corrected chi connectivity index (χ2v) is 7.40. The number of nitrogens with zero attached hydrogens (tertiary/aromatic N) is 2. The summed E-state index contributed by atoms with van der Waals surface area (Å²) in [5.41, 5.74) is -0.339. The zero-order valence-corrected chi connectivity index (χ0v) is 15.7. The first-order valence-electron chi connectivity index (χ1n) is 9.69. The summed E-state index contributed by atoms with van der Waals surface area (Å²) in [6.07, 6.45) is 1.96. The van der Waals surface area contributed by atoms with E-state index in [1.54, 1.807) is 12.1 Å². The molecule has 1 atom stereocenters. The number of benzene rings is 1. The summed E-state index contributed by atoms with van der Waals surface area (Å²) < 4.78 is 5.29. The van der Waals surface area contributed by atoms with Crippen molar-refractivity contribution >= 4 is 11.8 Å². The molecule has 2 heterocycles. The molecule has 3 rings (SSSR count). The number of carbonyl (C=O) groups excluding carboxylic acids is 2. The molecule has 27 heavy (non-hydrogen) atoms. The third kappa shape index (κ3) is 5.76. The maximum atomic E-state index is 12.4. The molecule has 2 aliphatic heterocycles. The van der Waals surface area contributed by atoms with E-state index in [1.807, 2.05) is 23.1 Å². The fourth-order valence-corrected chi connectivity index (χ4v) is 3.61. The predicted octanol–water partition coefficient (Wildman–Crippen LogP) is 0.492. The third-order valence-electron chi connectivity index (χ3n) is 5.35. The Balaban J connectivity index is 1.46. The van der Waals surface area contributed by atoms with Crippen LogP contribution in [0.2, 0.25) is 0 Å². The number of rotatable bonds is 5. The summed E-state index contributed by atoms with van der Waals surface area (Å²) in [6.45, 7) is 4.56. The van der Waals surface area contributed by atoms with Gasteiger partial charge in [-0.15, -0.1) is 0 Å². The molecule has 7 heteroatoms. The Morgan fingerprint density at radius 1 is 1.07 bits per heavy atom. The van der Waals surface area contributed by atoms with Crippen molar-refractivity contribution in [3.05, 3.63) is 35.9 Å². The van der Waals surface area contributed by atoms with Gasteiger partial charge in [0, 0.05) is 31.7 Å². The van der Waals surface area contributed by atoms with Crippen LogP contribution >= 0.6 is 0 Å². The van der Waals surface area contributed by atoms with Crippen LogP contribution in [-0.2, 0) is 9.53 Å². The van der Waals surface area contributed by atoms with Crippen LogP contribution in [0, 0.1) is 0 Å². The first kappa shape index (κ1) is 19.8. The average molecular weight is 375 g/mol. The summed E-state index contributed by atoms with van der Waals surface area (Å²) in [4.78, 5) is 28.6. The van der Waals surface area contributed by atoms with E-state index in [0.29, 0.717) is 57.8 Å². The first-order valence-corrected chi connectivity index (χ1v) is 9.69. The van der Waals surface area contributed by atoms with Gasteiger partial charge in [0.15, 0.2) is 0 Å². The fraction of sp³-hybridized carbons (Fsp3) is 0.600. The van der Waals surface area contributed by atoms with Crippen LogP contribution in [0.1, 0.15) is 29.6 Å². The number of carbonyl (C=O) groups is 2. The molecule has 0 aliphatic carbocycles. The van der Waals surface area contributed by atoms with Crippen LogP contribution in [0.15, 0.2) is 30.3 Å². The van der Waals surface area contributed by atoms with Gasteiger partial charge in [-0.1, -0.05) is 18.2 Å². The van der Waals surface area contributed by atoms with E-state index in [0.717, 1.165) is 13.0 Å². The minimum absolute atomic E-state index is 0.126. The van der Waals surface area contributed by atoms with E-state index >= 15 is 0 Å². The quantitative estimate of drug-likeness (QED) is 0.783. The highest BCUT2D eigenvalue weighted by molar-refractivity contribution is 5.94. The molecule has 148 valence electrons. The number of amides is 2. The van der Waals surface area contributed by atoms with Gasteiger partial charge in [0.2, 0.25) is 5.91 Å². The molecule has 2 N–H and O–H groups in total. The van der Waals surface area contributed by atoms with Crippen LogP contribution in [0.5, 0.6) is 0 Å². The standard InChI is InChI=1S/C20H29N3O4/c24-18(23-11-13-27-14-12-23)15-22-9-4-7-20(26,8-10-22)16-21-19(25)17-5-2-1-3-6-17/h1-3,5-6,26H,4,7-16H2,(H,21,25)/t20-/m1/s1. The number of hydrogen-bond donors (Lipinski definition) is 2. The lowest BCUT2D eigenvalue weighted by molar-refractivity contribution is -0.136. The SMILES string of the molecule is O=C(NC[C@@]1(O)CCCN(CC(=O)N2CCOCC2)CC1)c1ccccc1. The number of ether oxygens (including phenoxy) is 1. The molecule has 0 radical (unpaired) electrons. The van der Waals surface area contributed by atoms with Crippen molar-refractivity contribution in [3.8, 4) is 0 Å². The summed E-state index contributed by atoms with van der Waals surface area (Å²) in [5.74, 6) is -0.0475. The van der Waals surface area contributed by atoms with Gasteiger partial charge in [-0.25, -0.2) is 0 Å². The van der Waals surface area contributed by atoms with Crippen LogP contribution in [0.25, 0.3) is 0 Å². The summed E-state index contributed by atoms with van der Waals surface area (Å²) in [6, 6.07) is 9.01. The second-order valence-electron chi connectivity index (χ2n) is 7.40. The lowest BCUT2D eigenvalue weighted by Gasteiger charge is -2.30. The molecule has 0 spiro atoms. The Morgan fingerprint density at radius 2 is 1.81 bits per heavy atom. The third-order valence-corrected chi connectivity index (χ3v) is 5.35. The van der Waals surface area contributed by atoms with Crippen molar-refractivity contribution in [1.82, 2.24) is 15.1 Å². The molecular weight excluding hydrogens is 346 g/mol. The number of morpholine rings is 1. The maximum Gasteiger partial charge on any atom is 0.251 e. The van der Waals surface area contributed by atoms with E-state index in [1.165, 1.54) is 0 Å². The average Bonchev–Trinajstić information content (AvgIpc) is 2.89. The van der Waals surface area contributed by atoms with E-state index in [-0.39, 0.29) is 18.4 Å². The molecule has 2 saturated heterocycles. The number of aliphatic hydroxyl groups is 1. The molecular formula is C20H29N3O4. The monoisotopic (exact) mass is 375 g/mol. The highest BCUT2D eigenvalue weighted by Crippen LogP contribution is 2.22. The second kappa shape index (κ2) is 9.30. The first-order chi connectivity index (χ1) is 13.1. The van der Waals surface area contributed by atoms with Crippen molar-refractivity contribution in [2.45, 2.75) is 24.9 Å². The van der Waals surface area contributed by atoms with E-state index in [2.05, 4.69) is 10.2 Å². The van der Waals surface area contributed by atoms with Crippen LogP contribution < -0.4 is 5.32 Å². The maximum absolute atomic E-state index is 12.4. The minimum atomic E-state index is -0.929. The molecule has 2 amide bonds. The number of likely N-dealkylation sites (tertiary alicyclic amines) is 1. The van der Waals surface area contributed by atoms with Gasteiger partial charge in [0.25, 0.3) is 5.91 Å². The van der Waals surface area contributed by atoms with E-state index in [4.69, 9.17) is 4.74 Å². The highest BCUT2D eigenvalue weighted by Gasteiger charge is 2.31. The minimum Gasteiger partial charge on any atom is -0.388 e. The van der Waals surface area contributed by atoms with Gasteiger partial charge in [-0.3, -0.25) is 14.5 Å². The summed E-state index contributed by atoms with van der Waals surface area (Å²) >= 11 is 0. The fourth-order valence-electron chi connectivity index (χ4n) is 3.61. The van der Waals surface area contributed by atoms with Crippen molar-refractivity contribution in [2.75, 3.05) is 52.5 Å². The van der Waals surface area contributed by atoms with Crippen LogP contribution in [0.4, 0.5) is 0 Å². The topological polar surface area (TPSA) is 82.1 Å². The van der Waals surface area contributed by atoms with Gasteiger partial charge in [0.1, 0.15) is 0 Å². The lowest BCUT2D eigenvalue weighted by atomic mass is 9.95. The zero-order chi connectivity index (χ0) is 19.1. The van der Waals surface area contributed by atoms with Crippen molar-refractivity contribution in [3.63, 3.8) is 0 Å². The summed E-state index contributed by atoms with van der Waals surface area (Å²) in [5, 5.41) is 13.7. The Morgan fingerprint density at radius 3 is 2.56 bits per heavy atom. The van der Waals surface area contributed by atoms with Crippen LogP contribution in [-0.4, -0.2) is 84.8 Å². The van der Waals surface area contributed by atoms with Crippen molar-refractivity contribution < 1.29 is 19.4 Å². The molecule has 0 bridgehead atoms. The number of nitrogens with one attached hydrogen (secondary N) is 1. The van der Waals surface area contributed by atoms with Crippen molar-refractivity contribution in [1.29, 1.82) is 0 Å². The van der Waals surface area contributed by atoms with Gasteiger partial charge in [0.05, 0.1) is 25.4 Å². The Hall–Kier alpha value is -1.96. The lowest BCUT2D eigenvalue weighted by Crippen LogP contribution is -2.46. The number of hydrogen-bond acceptors (Lipinski definition) is 5. The largest absolute Gasteiger partial charge is 0.388 e. The zero-order valence-electron chi connectivity index (χ0n) is 15.7. The van der Waals surface area contributed by atoms with Crippen LogP contribution in [0.3, 0.4) is 0 Å². The molecule has 0 unspecified atom stereocenters. The molecule has 1 aromatic carbocycles. The highest BCUT2D eigenvalue weighted by atomic mass is 16.5. The van der Waals surface area contributed by atoms with Gasteiger partial charge in [-0.05, 0) is 37.9 Å². The Labute approximate surface area is 160 Å². The smallest absolute Gasteiger partial charge is 0.251 e. The molecule has 2 fully saturated rings.